The lowest BCUT2D eigenvalue weighted by Crippen LogP contribution is -2.03. The van der Waals surface area contributed by atoms with E-state index in [1.54, 1.807) is 0 Å². The van der Waals surface area contributed by atoms with Crippen molar-refractivity contribution in [2.75, 3.05) is 0 Å². The number of nitrogens with two attached hydrogens (primary N) is 1. The van der Waals surface area contributed by atoms with Crippen molar-refractivity contribution in [1.82, 2.24) is 9.55 Å². The van der Waals surface area contributed by atoms with Crippen LogP contribution >= 0.6 is 0 Å². The first-order chi connectivity index (χ1) is 8.65. The zero-order valence-corrected chi connectivity index (χ0v) is 11.6. The Balaban J connectivity index is 2.40. The normalized spacial score (nSPS) is 11.6. The lowest BCUT2D eigenvalue weighted by atomic mass is 10.1. The molecular formula is C15H23N3. The largest absolute Gasteiger partial charge is 0.328 e. The number of rotatable bonds is 5. The van der Waals surface area contributed by atoms with Crippen molar-refractivity contribution in [2.24, 2.45) is 11.7 Å². The van der Waals surface area contributed by atoms with Gasteiger partial charge in [0.2, 0.25) is 0 Å². The number of benzene rings is 1. The first-order valence-electron chi connectivity index (χ1n) is 6.83. The monoisotopic (exact) mass is 245 g/mol. The highest BCUT2D eigenvalue weighted by Gasteiger charge is 2.10. The van der Waals surface area contributed by atoms with Crippen LogP contribution in [0.15, 0.2) is 18.2 Å². The number of nitrogens with zero attached hydrogens (tertiary/aromatic N) is 2. The molecule has 2 rings (SSSR count). The first-order valence-corrected chi connectivity index (χ1v) is 6.83. The first kappa shape index (κ1) is 13.1. The molecule has 0 aliphatic carbocycles. The topological polar surface area (TPSA) is 43.8 Å². The van der Waals surface area contributed by atoms with Crippen LogP contribution in [0.4, 0.5) is 0 Å². The van der Waals surface area contributed by atoms with E-state index in [0.29, 0.717) is 6.54 Å². The highest BCUT2D eigenvalue weighted by molar-refractivity contribution is 5.77. The molecule has 0 atom stereocenters. The smallest absolute Gasteiger partial charge is 0.109 e. The lowest BCUT2D eigenvalue weighted by Gasteiger charge is -2.07. The SMILES string of the molecule is CCn1c(CCC(C)C)nc2cc(CN)ccc21. The zero-order valence-electron chi connectivity index (χ0n) is 11.6. The van der Waals surface area contributed by atoms with Gasteiger partial charge in [-0.05, 0) is 37.0 Å². The molecule has 18 heavy (non-hydrogen) atoms. The Bertz CT molecular complexity index is 526. The molecule has 0 spiro atoms. The second-order valence-electron chi connectivity index (χ2n) is 5.23. The van der Waals surface area contributed by atoms with Gasteiger partial charge in [0.25, 0.3) is 0 Å². The molecule has 3 heteroatoms. The quantitative estimate of drug-likeness (QED) is 0.879. The third-order valence-corrected chi connectivity index (χ3v) is 3.39. The molecule has 98 valence electrons. The van der Waals surface area contributed by atoms with Crippen molar-refractivity contribution in [3.05, 3.63) is 29.6 Å². The number of hydrogen-bond acceptors (Lipinski definition) is 2. The predicted molar refractivity (Wildman–Crippen MR) is 76.5 cm³/mol. The summed E-state index contributed by atoms with van der Waals surface area (Å²) in [4.78, 5) is 4.77. The zero-order chi connectivity index (χ0) is 13.1. The summed E-state index contributed by atoms with van der Waals surface area (Å²) in [7, 11) is 0. The average molecular weight is 245 g/mol. The molecule has 0 bridgehead atoms. The molecule has 0 amide bonds. The summed E-state index contributed by atoms with van der Waals surface area (Å²) in [5.74, 6) is 1.92. The molecule has 0 saturated carbocycles. The molecule has 2 N–H and O–H groups in total. The van der Waals surface area contributed by atoms with Gasteiger partial charge in [-0.1, -0.05) is 19.9 Å². The third kappa shape index (κ3) is 2.56. The van der Waals surface area contributed by atoms with Gasteiger partial charge in [0.05, 0.1) is 11.0 Å². The highest BCUT2D eigenvalue weighted by Crippen LogP contribution is 2.19. The Labute approximate surface area is 109 Å². The fourth-order valence-electron chi connectivity index (χ4n) is 2.31. The van der Waals surface area contributed by atoms with Crippen LogP contribution < -0.4 is 5.73 Å². The Morgan fingerprint density at radius 3 is 2.72 bits per heavy atom. The number of aromatic nitrogens is 2. The molecule has 1 aromatic carbocycles. The standard InChI is InChI=1S/C15H23N3/c1-4-18-14-7-6-12(10-16)9-13(14)17-15(18)8-5-11(2)3/h6-7,9,11H,4-5,8,10,16H2,1-3H3. The lowest BCUT2D eigenvalue weighted by molar-refractivity contribution is 0.561. The van der Waals surface area contributed by atoms with Crippen LogP contribution in [0.5, 0.6) is 0 Å². The Kier molecular flexibility index (Phi) is 4.02. The fraction of sp³-hybridized carbons (Fsp3) is 0.533. The third-order valence-electron chi connectivity index (χ3n) is 3.39. The van der Waals surface area contributed by atoms with Crippen LogP contribution in [-0.4, -0.2) is 9.55 Å². The summed E-state index contributed by atoms with van der Waals surface area (Å²) in [6.45, 7) is 8.25. The molecule has 0 fully saturated rings. The molecule has 1 aromatic heterocycles. The van der Waals surface area contributed by atoms with Crippen molar-refractivity contribution >= 4 is 11.0 Å². The summed E-state index contributed by atoms with van der Waals surface area (Å²) in [5, 5.41) is 0. The van der Waals surface area contributed by atoms with Crippen LogP contribution in [0, 0.1) is 5.92 Å². The van der Waals surface area contributed by atoms with Crippen LogP contribution in [0.1, 0.15) is 38.6 Å². The number of fused-ring (bicyclic) bond motifs is 1. The minimum atomic E-state index is 0.580. The summed E-state index contributed by atoms with van der Waals surface area (Å²) >= 11 is 0. The molecule has 0 saturated heterocycles. The Morgan fingerprint density at radius 2 is 2.11 bits per heavy atom. The Morgan fingerprint density at radius 1 is 1.33 bits per heavy atom. The highest BCUT2D eigenvalue weighted by atomic mass is 15.1. The van der Waals surface area contributed by atoms with E-state index in [9.17, 15) is 0 Å². The maximum Gasteiger partial charge on any atom is 0.109 e. The fourth-order valence-corrected chi connectivity index (χ4v) is 2.31. The second-order valence-corrected chi connectivity index (χ2v) is 5.23. The van der Waals surface area contributed by atoms with Gasteiger partial charge in [-0.25, -0.2) is 4.98 Å². The van der Waals surface area contributed by atoms with E-state index in [-0.39, 0.29) is 0 Å². The average Bonchev–Trinajstić information content (AvgIpc) is 2.72. The summed E-state index contributed by atoms with van der Waals surface area (Å²) in [5.41, 5.74) is 9.15. The number of imidazole rings is 1. The number of aryl methyl sites for hydroxylation is 2. The van der Waals surface area contributed by atoms with E-state index in [2.05, 4.69) is 43.5 Å². The molecule has 1 heterocycles. The van der Waals surface area contributed by atoms with Crippen molar-refractivity contribution in [3.8, 4) is 0 Å². The molecule has 0 radical (unpaired) electrons. The van der Waals surface area contributed by atoms with Crippen molar-refractivity contribution in [3.63, 3.8) is 0 Å². The van der Waals surface area contributed by atoms with Crippen molar-refractivity contribution in [1.29, 1.82) is 0 Å². The van der Waals surface area contributed by atoms with Gasteiger partial charge in [0.15, 0.2) is 0 Å². The van der Waals surface area contributed by atoms with Gasteiger partial charge >= 0.3 is 0 Å². The van der Waals surface area contributed by atoms with E-state index in [1.165, 1.54) is 17.8 Å². The van der Waals surface area contributed by atoms with Gasteiger partial charge in [-0.3, -0.25) is 0 Å². The Hall–Kier alpha value is -1.35. The van der Waals surface area contributed by atoms with Gasteiger partial charge in [0, 0.05) is 19.5 Å². The minimum Gasteiger partial charge on any atom is -0.328 e. The molecule has 2 aromatic rings. The molecular weight excluding hydrogens is 222 g/mol. The van der Waals surface area contributed by atoms with E-state index in [1.807, 2.05) is 0 Å². The maximum atomic E-state index is 5.68. The summed E-state index contributed by atoms with van der Waals surface area (Å²) in [6, 6.07) is 6.36. The van der Waals surface area contributed by atoms with E-state index in [4.69, 9.17) is 10.7 Å². The molecule has 0 unspecified atom stereocenters. The maximum absolute atomic E-state index is 5.68. The second kappa shape index (κ2) is 5.53. The van der Waals surface area contributed by atoms with Crippen molar-refractivity contribution in [2.45, 2.75) is 46.7 Å². The van der Waals surface area contributed by atoms with E-state index < -0.39 is 0 Å². The van der Waals surface area contributed by atoms with Gasteiger partial charge in [-0.2, -0.15) is 0 Å². The van der Waals surface area contributed by atoms with Crippen LogP contribution in [0.25, 0.3) is 11.0 Å². The molecule has 0 aliphatic rings. The van der Waals surface area contributed by atoms with Crippen LogP contribution in [-0.2, 0) is 19.5 Å². The summed E-state index contributed by atoms with van der Waals surface area (Å²) in [6.07, 6.45) is 2.24. The van der Waals surface area contributed by atoms with Gasteiger partial charge in [0.1, 0.15) is 5.82 Å². The predicted octanol–water partition coefficient (Wildman–Crippen LogP) is 3.10. The molecule has 3 nitrogen and oxygen atoms in total. The van der Waals surface area contributed by atoms with Gasteiger partial charge in [-0.15, -0.1) is 0 Å². The number of hydrogen-bond donors (Lipinski definition) is 1. The molecule has 0 aliphatic heterocycles. The summed E-state index contributed by atoms with van der Waals surface area (Å²) < 4.78 is 2.32. The van der Waals surface area contributed by atoms with Crippen LogP contribution in [0.2, 0.25) is 0 Å². The van der Waals surface area contributed by atoms with Crippen molar-refractivity contribution < 1.29 is 0 Å². The minimum absolute atomic E-state index is 0.580. The van der Waals surface area contributed by atoms with E-state index in [0.717, 1.165) is 30.0 Å². The van der Waals surface area contributed by atoms with Crippen LogP contribution in [0.3, 0.4) is 0 Å². The van der Waals surface area contributed by atoms with Gasteiger partial charge < -0.3 is 10.3 Å². The van der Waals surface area contributed by atoms with E-state index >= 15 is 0 Å².